The molecule has 1 amide bonds. The number of carboxylic acid groups (broad SMARTS) is 1. The van der Waals surface area contributed by atoms with E-state index in [4.69, 9.17) is 9.84 Å². The van der Waals surface area contributed by atoms with Crippen molar-refractivity contribution in [1.29, 1.82) is 0 Å². The summed E-state index contributed by atoms with van der Waals surface area (Å²) in [6.07, 6.45) is 0.0814. The van der Waals surface area contributed by atoms with Gasteiger partial charge in [-0.1, -0.05) is 6.92 Å². The first-order chi connectivity index (χ1) is 6.91. The highest BCUT2D eigenvalue weighted by Crippen LogP contribution is 1.99. The molecular formula is C10H19NO4. The summed E-state index contributed by atoms with van der Waals surface area (Å²) >= 11 is 0. The summed E-state index contributed by atoms with van der Waals surface area (Å²) in [6, 6.07) is 0. The third kappa shape index (κ3) is 9.21. The quantitative estimate of drug-likeness (QED) is 0.656. The van der Waals surface area contributed by atoms with Crippen molar-refractivity contribution in [2.45, 2.75) is 33.3 Å². The van der Waals surface area contributed by atoms with Crippen LogP contribution in [0.1, 0.15) is 27.2 Å². The average molecular weight is 217 g/mol. The second-order valence-corrected chi connectivity index (χ2v) is 3.87. The minimum atomic E-state index is -0.852. The van der Waals surface area contributed by atoms with Gasteiger partial charge in [0, 0.05) is 13.0 Å². The Bertz CT molecular complexity index is 215. The van der Waals surface area contributed by atoms with Gasteiger partial charge in [-0.2, -0.15) is 0 Å². The van der Waals surface area contributed by atoms with Gasteiger partial charge < -0.3 is 15.2 Å². The molecule has 5 heteroatoms. The Balaban J connectivity index is 3.57. The van der Waals surface area contributed by atoms with Crippen LogP contribution in [0.2, 0.25) is 0 Å². The van der Waals surface area contributed by atoms with Gasteiger partial charge in [0.2, 0.25) is 5.91 Å². The van der Waals surface area contributed by atoms with Gasteiger partial charge in [0.05, 0.1) is 6.10 Å². The highest BCUT2D eigenvalue weighted by Gasteiger charge is 2.09. The molecule has 5 nitrogen and oxygen atoms in total. The van der Waals surface area contributed by atoms with E-state index in [1.54, 1.807) is 6.92 Å². The Morgan fingerprint density at radius 1 is 1.33 bits per heavy atom. The van der Waals surface area contributed by atoms with Crippen molar-refractivity contribution >= 4 is 11.9 Å². The average Bonchev–Trinajstić information content (AvgIpc) is 2.10. The number of rotatable bonds is 7. The van der Waals surface area contributed by atoms with Crippen molar-refractivity contribution in [3.63, 3.8) is 0 Å². The lowest BCUT2D eigenvalue weighted by Gasteiger charge is -2.11. The smallest absolute Gasteiger partial charge is 0.303 e. The van der Waals surface area contributed by atoms with Crippen molar-refractivity contribution < 1.29 is 19.4 Å². The molecule has 1 unspecified atom stereocenters. The number of carboxylic acids is 1. The van der Waals surface area contributed by atoms with Crippen LogP contribution >= 0.6 is 0 Å². The lowest BCUT2D eigenvalue weighted by molar-refractivity contribution is -0.138. The second kappa shape index (κ2) is 7.23. The van der Waals surface area contributed by atoms with E-state index in [-0.39, 0.29) is 31.0 Å². The van der Waals surface area contributed by atoms with E-state index < -0.39 is 5.97 Å². The van der Waals surface area contributed by atoms with Gasteiger partial charge in [0.1, 0.15) is 6.61 Å². The Hall–Kier alpha value is -1.10. The normalized spacial score (nSPS) is 12.5. The van der Waals surface area contributed by atoms with Crippen molar-refractivity contribution in [3.05, 3.63) is 0 Å². The van der Waals surface area contributed by atoms with E-state index in [0.29, 0.717) is 6.54 Å². The maximum atomic E-state index is 11.2. The fraction of sp³-hybridized carbons (Fsp3) is 0.800. The number of hydrogen-bond donors (Lipinski definition) is 2. The number of aliphatic carboxylic acids is 1. The van der Waals surface area contributed by atoms with E-state index in [1.165, 1.54) is 0 Å². The molecule has 0 aliphatic carbocycles. The number of carbonyl (C=O) groups excluding carboxylic acids is 1. The summed E-state index contributed by atoms with van der Waals surface area (Å²) < 4.78 is 5.09. The van der Waals surface area contributed by atoms with Crippen LogP contribution in [-0.2, 0) is 14.3 Å². The van der Waals surface area contributed by atoms with Crippen molar-refractivity contribution in [2.75, 3.05) is 13.2 Å². The zero-order valence-corrected chi connectivity index (χ0v) is 9.45. The first-order valence-corrected chi connectivity index (χ1v) is 5.02. The molecule has 0 fully saturated rings. The van der Waals surface area contributed by atoms with Gasteiger partial charge >= 0.3 is 5.97 Å². The van der Waals surface area contributed by atoms with E-state index in [9.17, 15) is 9.59 Å². The Morgan fingerprint density at radius 3 is 2.40 bits per heavy atom. The number of hydrogen-bond acceptors (Lipinski definition) is 3. The zero-order valence-electron chi connectivity index (χ0n) is 9.45. The predicted molar refractivity (Wildman–Crippen MR) is 55.5 cm³/mol. The molecule has 0 heterocycles. The van der Waals surface area contributed by atoms with Crippen LogP contribution in [0.3, 0.4) is 0 Å². The van der Waals surface area contributed by atoms with Crippen LogP contribution in [0, 0.1) is 5.92 Å². The molecule has 0 saturated carbocycles. The van der Waals surface area contributed by atoms with Crippen molar-refractivity contribution in [3.8, 4) is 0 Å². The summed E-state index contributed by atoms with van der Waals surface area (Å²) in [5, 5.41) is 11.1. The minimum absolute atomic E-state index is 0.0205. The van der Waals surface area contributed by atoms with Crippen LogP contribution in [0.4, 0.5) is 0 Å². The number of ether oxygens (including phenoxy) is 1. The number of amides is 1. The molecular weight excluding hydrogens is 198 g/mol. The number of carbonyl (C=O) groups is 2. The van der Waals surface area contributed by atoms with Gasteiger partial charge in [0.25, 0.3) is 0 Å². The first kappa shape index (κ1) is 13.9. The monoisotopic (exact) mass is 217 g/mol. The molecule has 0 aliphatic heterocycles. The zero-order chi connectivity index (χ0) is 11.8. The molecule has 0 rings (SSSR count). The van der Waals surface area contributed by atoms with E-state index in [2.05, 4.69) is 5.32 Å². The molecule has 15 heavy (non-hydrogen) atoms. The van der Waals surface area contributed by atoms with E-state index >= 15 is 0 Å². The number of nitrogens with one attached hydrogen (secondary N) is 1. The molecule has 0 bridgehead atoms. The Kier molecular flexibility index (Phi) is 6.70. The molecule has 0 spiro atoms. The van der Waals surface area contributed by atoms with Gasteiger partial charge in [-0.25, -0.2) is 0 Å². The van der Waals surface area contributed by atoms with Gasteiger partial charge in [-0.3, -0.25) is 9.59 Å². The van der Waals surface area contributed by atoms with Crippen LogP contribution in [-0.4, -0.2) is 36.2 Å². The van der Waals surface area contributed by atoms with Crippen molar-refractivity contribution in [2.24, 2.45) is 5.92 Å². The van der Waals surface area contributed by atoms with Crippen LogP contribution in [0.15, 0.2) is 0 Å². The first-order valence-electron chi connectivity index (χ1n) is 5.02. The van der Waals surface area contributed by atoms with Crippen LogP contribution in [0.25, 0.3) is 0 Å². The summed E-state index contributed by atoms with van der Waals surface area (Å²) in [7, 11) is 0. The lowest BCUT2D eigenvalue weighted by Crippen LogP contribution is -2.32. The van der Waals surface area contributed by atoms with E-state index in [0.717, 1.165) is 0 Å². The van der Waals surface area contributed by atoms with Crippen LogP contribution in [0.5, 0.6) is 0 Å². The summed E-state index contributed by atoms with van der Waals surface area (Å²) in [4.78, 5) is 21.5. The minimum Gasteiger partial charge on any atom is -0.481 e. The molecule has 1 atom stereocenters. The summed E-state index contributed by atoms with van der Waals surface area (Å²) in [5.41, 5.74) is 0. The van der Waals surface area contributed by atoms with Gasteiger partial charge in [-0.15, -0.1) is 0 Å². The van der Waals surface area contributed by atoms with E-state index in [1.807, 2.05) is 13.8 Å². The van der Waals surface area contributed by atoms with Crippen LogP contribution < -0.4 is 5.32 Å². The molecule has 0 radical (unpaired) electrons. The summed E-state index contributed by atoms with van der Waals surface area (Å²) in [6.45, 7) is 5.86. The standard InChI is InChI=1S/C10H19NO4/c1-7(2)15-6-9(12)11-5-8(3)4-10(13)14/h7-8H,4-6H2,1-3H3,(H,11,12)(H,13,14). The summed E-state index contributed by atoms with van der Waals surface area (Å²) in [5.74, 6) is -1.12. The highest BCUT2D eigenvalue weighted by atomic mass is 16.5. The Labute approximate surface area is 89.8 Å². The fourth-order valence-electron chi connectivity index (χ4n) is 0.952. The highest BCUT2D eigenvalue weighted by molar-refractivity contribution is 5.77. The molecule has 0 aliphatic rings. The largest absolute Gasteiger partial charge is 0.481 e. The second-order valence-electron chi connectivity index (χ2n) is 3.87. The SMILES string of the molecule is CC(CNC(=O)COC(C)C)CC(=O)O. The lowest BCUT2D eigenvalue weighted by atomic mass is 10.1. The third-order valence-corrected chi connectivity index (χ3v) is 1.72. The fourth-order valence-corrected chi connectivity index (χ4v) is 0.952. The maximum Gasteiger partial charge on any atom is 0.303 e. The topological polar surface area (TPSA) is 75.6 Å². The Morgan fingerprint density at radius 2 is 1.93 bits per heavy atom. The molecule has 2 N–H and O–H groups in total. The molecule has 0 saturated heterocycles. The van der Waals surface area contributed by atoms with Crippen molar-refractivity contribution in [1.82, 2.24) is 5.32 Å². The van der Waals surface area contributed by atoms with Gasteiger partial charge in [-0.05, 0) is 19.8 Å². The predicted octanol–water partition coefficient (Wildman–Crippen LogP) is 0.638. The third-order valence-electron chi connectivity index (χ3n) is 1.72. The maximum absolute atomic E-state index is 11.2. The molecule has 88 valence electrons. The molecule has 0 aromatic heterocycles. The van der Waals surface area contributed by atoms with Gasteiger partial charge in [0.15, 0.2) is 0 Å². The molecule has 0 aromatic rings. The molecule has 0 aromatic carbocycles.